The first-order valence-electron chi connectivity index (χ1n) is 4.97. The molecule has 0 aliphatic carbocycles. The zero-order valence-corrected chi connectivity index (χ0v) is 10.3. The predicted molar refractivity (Wildman–Crippen MR) is 61.9 cm³/mol. The van der Waals surface area contributed by atoms with Gasteiger partial charge in [-0.3, -0.25) is 0 Å². The van der Waals surface area contributed by atoms with Crippen molar-refractivity contribution in [2.45, 2.75) is 9.99 Å². The van der Waals surface area contributed by atoms with E-state index in [1.807, 2.05) is 0 Å². The average molecular weight is 263 g/mol. The van der Waals surface area contributed by atoms with Crippen molar-refractivity contribution < 1.29 is 17.6 Å². The van der Waals surface area contributed by atoms with Crippen LogP contribution in [0.2, 0.25) is 0 Å². The standard InChI is InChI=1S/C12H9NO4S/c1-16-9-2-5-11(6-3-9)18(14,15)12-7-4-10(8-13)17-12/h2-7H,1H3. The van der Waals surface area contributed by atoms with Gasteiger partial charge in [0.05, 0.1) is 12.0 Å². The maximum atomic E-state index is 12.1. The fourth-order valence-electron chi connectivity index (χ4n) is 1.40. The van der Waals surface area contributed by atoms with Gasteiger partial charge in [-0.2, -0.15) is 5.26 Å². The smallest absolute Gasteiger partial charge is 0.239 e. The molecular formula is C12H9NO4S. The molecule has 1 heterocycles. The van der Waals surface area contributed by atoms with Crippen molar-refractivity contribution in [2.24, 2.45) is 0 Å². The summed E-state index contributed by atoms with van der Waals surface area (Å²) in [6.45, 7) is 0. The second-order valence-electron chi connectivity index (χ2n) is 3.41. The van der Waals surface area contributed by atoms with Crippen molar-refractivity contribution in [3.05, 3.63) is 42.2 Å². The van der Waals surface area contributed by atoms with Crippen LogP contribution in [0.15, 0.2) is 50.8 Å². The van der Waals surface area contributed by atoms with Crippen LogP contribution in [0.25, 0.3) is 0 Å². The van der Waals surface area contributed by atoms with Gasteiger partial charge in [0.15, 0.2) is 0 Å². The van der Waals surface area contributed by atoms with E-state index in [-0.39, 0.29) is 15.7 Å². The van der Waals surface area contributed by atoms with Crippen LogP contribution in [-0.2, 0) is 9.84 Å². The molecule has 0 saturated carbocycles. The normalized spacial score (nSPS) is 10.9. The Labute approximate surface area is 104 Å². The Kier molecular flexibility index (Phi) is 3.08. The molecule has 5 nitrogen and oxygen atoms in total. The number of nitrogens with zero attached hydrogens (tertiary/aromatic N) is 1. The van der Waals surface area contributed by atoms with Crippen molar-refractivity contribution in [1.29, 1.82) is 5.26 Å². The summed E-state index contributed by atoms with van der Waals surface area (Å²) in [6.07, 6.45) is 0. The van der Waals surface area contributed by atoms with Gasteiger partial charge in [0.25, 0.3) is 0 Å². The highest BCUT2D eigenvalue weighted by Gasteiger charge is 2.21. The number of hydrogen-bond donors (Lipinski definition) is 0. The summed E-state index contributed by atoms with van der Waals surface area (Å²) in [6, 6.07) is 10.2. The number of hydrogen-bond acceptors (Lipinski definition) is 5. The highest BCUT2D eigenvalue weighted by atomic mass is 32.2. The summed E-state index contributed by atoms with van der Waals surface area (Å²) >= 11 is 0. The van der Waals surface area contributed by atoms with Crippen molar-refractivity contribution in [3.8, 4) is 11.8 Å². The molecule has 0 bridgehead atoms. The molecule has 1 aromatic carbocycles. The van der Waals surface area contributed by atoms with Crippen LogP contribution in [0.3, 0.4) is 0 Å². The van der Waals surface area contributed by atoms with E-state index in [9.17, 15) is 8.42 Å². The molecule has 0 amide bonds. The predicted octanol–water partition coefficient (Wildman–Crippen LogP) is 1.99. The van der Waals surface area contributed by atoms with E-state index in [0.29, 0.717) is 5.75 Å². The van der Waals surface area contributed by atoms with Gasteiger partial charge in [0.2, 0.25) is 20.7 Å². The molecule has 0 atom stereocenters. The van der Waals surface area contributed by atoms with Crippen LogP contribution in [0, 0.1) is 11.3 Å². The lowest BCUT2D eigenvalue weighted by molar-refractivity contribution is 0.414. The molecule has 0 spiro atoms. The third kappa shape index (κ3) is 2.08. The number of furan rings is 1. The van der Waals surface area contributed by atoms with Crippen LogP contribution in [0.4, 0.5) is 0 Å². The minimum atomic E-state index is -3.73. The van der Waals surface area contributed by atoms with Crippen molar-refractivity contribution in [3.63, 3.8) is 0 Å². The van der Waals surface area contributed by atoms with Gasteiger partial charge in [-0.1, -0.05) is 0 Å². The van der Waals surface area contributed by atoms with Gasteiger partial charge in [-0.25, -0.2) is 8.42 Å². The number of benzene rings is 1. The number of methoxy groups -OCH3 is 1. The highest BCUT2D eigenvalue weighted by Crippen LogP contribution is 2.24. The summed E-state index contributed by atoms with van der Waals surface area (Å²) in [4.78, 5) is 0.0853. The maximum Gasteiger partial charge on any atom is 0.239 e. The lowest BCUT2D eigenvalue weighted by Crippen LogP contribution is -2.00. The second kappa shape index (κ2) is 4.55. The van der Waals surface area contributed by atoms with Gasteiger partial charge < -0.3 is 9.15 Å². The van der Waals surface area contributed by atoms with Gasteiger partial charge in [-0.15, -0.1) is 0 Å². The fraction of sp³-hybridized carbons (Fsp3) is 0.0833. The maximum absolute atomic E-state index is 12.1. The third-order valence-corrected chi connectivity index (χ3v) is 3.97. The molecule has 2 rings (SSSR count). The van der Waals surface area contributed by atoms with E-state index >= 15 is 0 Å². The summed E-state index contributed by atoms with van der Waals surface area (Å²) in [7, 11) is -2.23. The minimum Gasteiger partial charge on any atom is -0.497 e. The number of rotatable bonds is 3. The highest BCUT2D eigenvalue weighted by molar-refractivity contribution is 7.91. The Morgan fingerprint density at radius 3 is 2.33 bits per heavy atom. The zero-order valence-electron chi connectivity index (χ0n) is 9.45. The van der Waals surface area contributed by atoms with E-state index in [1.54, 1.807) is 18.2 Å². The fourth-order valence-corrected chi connectivity index (χ4v) is 2.57. The van der Waals surface area contributed by atoms with E-state index in [4.69, 9.17) is 14.4 Å². The Morgan fingerprint density at radius 2 is 1.83 bits per heavy atom. The monoisotopic (exact) mass is 263 g/mol. The minimum absolute atomic E-state index is 0.0397. The van der Waals surface area contributed by atoms with E-state index in [0.717, 1.165) is 0 Å². The third-order valence-electron chi connectivity index (χ3n) is 2.33. The molecule has 92 valence electrons. The van der Waals surface area contributed by atoms with E-state index < -0.39 is 9.84 Å². The van der Waals surface area contributed by atoms with Crippen molar-refractivity contribution in [2.75, 3.05) is 7.11 Å². The molecule has 0 fully saturated rings. The number of nitriles is 1. The lowest BCUT2D eigenvalue weighted by Gasteiger charge is -2.02. The molecule has 0 radical (unpaired) electrons. The van der Waals surface area contributed by atoms with Gasteiger partial charge >= 0.3 is 0 Å². The lowest BCUT2D eigenvalue weighted by atomic mass is 10.3. The Morgan fingerprint density at radius 1 is 1.17 bits per heavy atom. The largest absolute Gasteiger partial charge is 0.497 e. The Bertz CT molecular complexity index is 692. The quantitative estimate of drug-likeness (QED) is 0.846. The molecule has 6 heteroatoms. The molecular weight excluding hydrogens is 254 g/mol. The zero-order chi connectivity index (χ0) is 13.2. The molecule has 0 aliphatic rings. The molecule has 0 aliphatic heterocycles. The molecule has 18 heavy (non-hydrogen) atoms. The molecule has 0 N–H and O–H groups in total. The van der Waals surface area contributed by atoms with Crippen LogP contribution < -0.4 is 4.74 Å². The first-order chi connectivity index (χ1) is 8.57. The van der Waals surface area contributed by atoms with Gasteiger partial charge in [-0.05, 0) is 36.4 Å². The second-order valence-corrected chi connectivity index (χ2v) is 5.29. The van der Waals surface area contributed by atoms with Crippen LogP contribution in [0.1, 0.15) is 5.76 Å². The summed E-state index contributed by atoms with van der Waals surface area (Å²) < 4.78 is 34.1. The number of sulfone groups is 1. The SMILES string of the molecule is COc1ccc(S(=O)(=O)c2ccc(C#N)o2)cc1. The Balaban J connectivity index is 2.44. The van der Waals surface area contributed by atoms with Crippen LogP contribution in [-0.4, -0.2) is 15.5 Å². The average Bonchev–Trinajstić information content (AvgIpc) is 2.88. The van der Waals surface area contributed by atoms with Crippen LogP contribution >= 0.6 is 0 Å². The van der Waals surface area contributed by atoms with Crippen molar-refractivity contribution in [1.82, 2.24) is 0 Å². The van der Waals surface area contributed by atoms with Crippen molar-refractivity contribution >= 4 is 9.84 Å². The van der Waals surface area contributed by atoms with Gasteiger partial charge in [0.1, 0.15) is 11.8 Å². The van der Waals surface area contributed by atoms with E-state index in [2.05, 4.69) is 0 Å². The number of ether oxygens (including phenoxy) is 1. The summed E-state index contributed by atoms with van der Waals surface area (Å²) in [5.74, 6) is 0.521. The summed E-state index contributed by atoms with van der Waals surface area (Å²) in [5.41, 5.74) is 0. The molecule has 2 aromatic rings. The Hall–Kier alpha value is -2.26. The van der Waals surface area contributed by atoms with Gasteiger partial charge in [0, 0.05) is 0 Å². The first-order valence-corrected chi connectivity index (χ1v) is 6.45. The van der Waals surface area contributed by atoms with Crippen LogP contribution in [0.5, 0.6) is 5.75 Å². The molecule has 1 aromatic heterocycles. The summed E-state index contributed by atoms with van der Waals surface area (Å²) in [5, 5.41) is 8.35. The topological polar surface area (TPSA) is 80.3 Å². The van der Waals surface area contributed by atoms with E-state index in [1.165, 1.54) is 31.4 Å². The first kappa shape index (κ1) is 12.2. The molecule has 0 unspecified atom stereocenters. The molecule has 0 saturated heterocycles.